The molecule has 7 heavy (non-hydrogen) atoms. The van der Waals surface area contributed by atoms with Gasteiger partial charge in [0.25, 0.3) is 0 Å². The molecule has 0 radical (unpaired) electrons. The Balaban J connectivity index is 2.99. The third kappa shape index (κ3) is 2.94. The van der Waals surface area contributed by atoms with Crippen molar-refractivity contribution in [1.29, 1.82) is 0 Å². The molecular formula is C5H13OS+. The van der Waals surface area contributed by atoms with E-state index in [0.717, 1.165) is 11.5 Å². The monoisotopic (exact) mass is 121 g/mol. The smallest absolute Gasteiger partial charge is 0.146 e. The van der Waals surface area contributed by atoms with Crippen molar-refractivity contribution in [1.82, 2.24) is 0 Å². The van der Waals surface area contributed by atoms with Gasteiger partial charge in [-0.1, -0.05) is 0 Å². The second-order valence-corrected chi connectivity index (χ2v) is 3.55. The first-order valence-corrected chi connectivity index (χ1v) is 4.05. The van der Waals surface area contributed by atoms with Gasteiger partial charge >= 0.3 is 0 Å². The van der Waals surface area contributed by atoms with Gasteiger partial charge in [-0.05, 0) is 13.8 Å². The Bertz CT molecular complexity index is 29.6. The minimum absolute atomic E-state index is 0.255. The van der Waals surface area contributed by atoms with Crippen LogP contribution in [0.5, 0.6) is 0 Å². The molecule has 0 bridgehead atoms. The maximum atomic E-state index is 5.08. The Morgan fingerprint density at radius 2 is 1.71 bits per heavy atom. The molecule has 0 aromatic carbocycles. The fraction of sp³-hybridized carbons (Fsp3) is 1.00. The lowest BCUT2D eigenvalue weighted by atomic mass is 11.0. The normalized spacial score (nSPS) is 10.3. The lowest BCUT2D eigenvalue weighted by Gasteiger charge is -1.93. The zero-order valence-corrected chi connectivity index (χ0v) is 6.05. The minimum atomic E-state index is 0.255. The van der Waals surface area contributed by atoms with Gasteiger partial charge in [0, 0.05) is 0 Å². The zero-order chi connectivity index (χ0) is 5.70. The molecule has 0 rings (SSSR count). The second-order valence-electron chi connectivity index (χ2n) is 1.18. The SMILES string of the molecule is CC[S+](CC)OC. The van der Waals surface area contributed by atoms with Gasteiger partial charge in [0.1, 0.15) is 22.7 Å². The largest absolute Gasteiger partial charge is 0.177 e. The molecule has 0 aliphatic carbocycles. The molecule has 2 heteroatoms. The van der Waals surface area contributed by atoms with Crippen molar-refractivity contribution >= 4 is 11.2 Å². The van der Waals surface area contributed by atoms with Crippen LogP contribution in [0, 0.1) is 0 Å². The van der Waals surface area contributed by atoms with Gasteiger partial charge in [-0.15, -0.1) is 0 Å². The fourth-order valence-corrected chi connectivity index (χ4v) is 1.32. The average molecular weight is 121 g/mol. The molecule has 0 fully saturated rings. The molecule has 44 valence electrons. The second kappa shape index (κ2) is 4.47. The lowest BCUT2D eigenvalue weighted by molar-refractivity contribution is 0.473. The molecule has 0 heterocycles. The van der Waals surface area contributed by atoms with E-state index in [9.17, 15) is 0 Å². The third-order valence-electron chi connectivity index (χ3n) is 0.880. The maximum Gasteiger partial charge on any atom is 0.146 e. The summed E-state index contributed by atoms with van der Waals surface area (Å²) in [5.41, 5.74) is 0. The van der Waals surface area contributed by atoms with E-state index < -0.39 is 0 Å². The summed E-state index contributed by atoms with van der Waals surface area (Å²) in [4.78, 5) is 0. The van der Waals surface area contributed by atoms with E-state index in [0.29, 0.717) is 0 Å². The average Bonchev–Trinajstić information content (AvgIpc) is 1.72. The van der Waals surface area contributed by atoms with Crippen LogP contribution in [0.3, 0.4) is 0 Å². The molecule has 0 saturated heterocycles. The fourth-order valence-electron chi connectivity index (χ4n) is 0.440. The van der Waals surface area contributed by atoms with Crippen LogP contribution in [-0.2, 0) is 15.4 Å². The first kappa shape index (κ1) is 7.31. The first-order chi connectivity index (χ1) is 3.35. The molecule has 0 atom stereocenters. The predicted molar refractivity (Wildman–Crippen MR) is 35.5 cm³/mol. The summed E-state index contributed by atoms with van der Waals surface area (Å²) in [7, 11) is 1.77. The topological polar surface area (TPSA) is 9.23 Å². The van der Waals surface area contributed by atoms with Crippen LogP contribution < -0.4 is 0 Å². The Morgan fingerprint density at radius 1 is 1.29 bits per heavy atom. The summed E-state index contributed by atoms with van der Waals surface area (Å²) >= 11 is 0.255. The van der Waals surface area contributed by atoms with Crippen LogP contribution in [0.1, 0.15) is 13.8 Å². The molecule has 0 spiro atoms. The van der Waals surface area contributed by atoms with Crippen molar-refractivity contribution in [2.45, 2.75) is 13.8 Å². The van der Waals surface area contributed by atoms with Crippen LogP contribution >= 0.6 is 0 Å². The molecule has 0 unspecified atom stereocenters. The van der Waals surface area contributed by atoms with E-state index in [1.165, 1.54) is 0 Å². The summed E-state index contributed by atoms with van der Waals surface area (Å²) in [5, 5.41) is 0. The number of rotatable bonds is 3. The van der Waals surface area contributed by atoms with Gasteiger partial charge in [0.15, 0.2) is 0 Å². The molecular weight excluding hydrogens is 108 g/mol. The quantitative estimate of drug-likeness (QED) is 0.510. The summed E-state index contributed by atoms with van der Waals surface area (Å²) in [5.74, 6) is 2.32. The maximum absolute atomic E-state index is 5.08. The molecule has 0 N–H and O–H groups in total. The number of hydrogen-bond acceptors (Lipinski definition) is 1. The van der Waals surface area contributed by atoms with Gasteiger partial charge < -0.3 is 0 Å². The zero-order valence-electron chi connectivity index (χ0n) is 5.23. The molecule has 0 amide bonds. The van der Waals surface area contributed by atoms with E-state index in [-0.39, 0.29) is 11.2 Å². The van der Waals surface area contributed by atoms with Crippen molar-refractivity contribution in [3.63, 3.8) is 0 Å². The summed E-state index contributed by atoms with van der Waals surface area (Å²) in [6, 6.07) is 0. The van der Waals surface area contributed by atoms with E-state index >= 15 is 0 Å². The highest BCUT2D eigenvalue weighted by Crippen LogP contribution is 1.93. The molecule has 0 aromatic heterocycles. The summed E-state index contributed by atoms with van der Waals surface area (Å²) in [6.45, 7) is 4.30. The van der Waals surface area contributed by atoms with Crippen molar-refractivity contribution in [2.75, 3.05) is 18.6 Å². The van der Waals surface area contributed by atoms with Crippen LogP contribution in [0.4, 0.5) is 0 Å². The van der Waals surface area contributed by atoms with Crippen molar-refractivity contribution in [3.8, 4) is 0 Å². The van der Waals surface area contributed by atoms with Gasteiger partial charge in [-0.2, -0.15) is 4.18 Å². The Kier molecular flexibility index (Phi) is 4.67. The van der Waals surface area contributed by atoms with Crippen LogP contribution in [0.15, 0.2) is 0 Å². The van der Waals surface area contributed by atoms with Crippen LogP contribution in [-0.4, -0.2) is 18.6 Å². The van der Waals surface area contributed by atoms with E-state index in [1.807, 2.05) is 0 Å². The van der Waals surface area contributed by atoms with Crippen molar-refractivity contribution < 1.29 is 4.18 Å². The Morgan fingerprint density at radius 3 is 1.71 bits per heavy atom. The van der Waals surface area contributed by atoms with Gasteiger partial charge in [0.05, 0.1) is 7.11 Å². The molecule has 0 saturated carbocycles. The highest BCUT2D eigenvalue weighted by Gasteiger charge is 2.08. The lowest BCUT2D eigenvalue weighted by Crippen LogP contribution is -2.08. The third-order valence-corrected chi connectivity index (χ3v) is 2.64. The summed E-state index contributed by atoms with van der Waals surface area (Å²) in [6.07, 6.45) is 0. The van der Waals surface area contributed by atoms with Crippen molar-refractivity contribution in [2.24, 2.45) is 0 Å². The van der Waals surface area contributed by atoms with Crippen molar-refractivity contribution in [3.05, 3.63) is 0 Å². The van der Waals surface area contributed by atoms with Gasteiger partial charge in [-0.3, -0.25) is 0 Å². The van der Waals surface area contributed by atoms with Gasteiger partial charge in [0.2, 0.25) is 0 Å². The predicted octanol–water partition coefficient (Wildman–Crippen LogP) is 1.21. The Hall–Kier alpha value is 0.310. The molecule has 0 aliphatic heterocycles. The minimum Gasteiger partial charge on any atom is -0.177 e. The van der Waals surface area contributed by atoms with Crippen LogP contribution in [0.25, 0.3) is 0 Å². The van der Waals surface area contributed by atoms with E-state index in [2.05, 4.69) is 13.8 Å². The van der Waals surface area contributed by atoms with Gasteiger partial charge in [-0.25, -0.2) is 0 Å². The van der Waals surface area contributed by atoms with Crippen LogP contribution in [0.2, 0.25) is 0 Å². The standard InChI is InChI=1S/C5H13OS/c1-4-7(5-2)6-3/h4-5H2,1-3H3/q+1. The molecule has 0 aromatic rings. The van der Waals surface area contributed by atoms with E-state index in [1.54, 1.807) is 7.11 Å². The summed E-state index contributed by atoms with van der Waals surface area (Å²) < 4.78 is 5.08. The Labute approximate surface area is 48.6 Å². The molecule has 1 nitrogen and oxygen atoms in total. The van der Waals surface area contributed by atoms with E-state index in [4.69, 9.17) is 4.18 Å². The highest BCUT2D eigenvalue weighted by atomic mass is 32.2. The molecule has 0 aliphatic rings. The first-order valence-electron chi connectivity index (χ1n) is 2.57. The number of hydrogen-bond donors (Lipinski definition) is 0. The highest BCUT2D eigenvalue weighted by molar-refractivity contribution is 7.92.